The minimum absolute atomic E-state index is 0.138. The first kappa shape index (κ1) is 18.1. The Morgan fingerprint density at radius 2 is 1.84 bits per heavy atom. The molecule has 2 aromatic carbocycles. The van der Waals surface area contributed by atoms with Crippen LogP contribution in [0.4, 0.5) is 5.69 Å². The number of carbonyl (C=O) groups is 2. The van der Waals surface area contributed by atoms with Gasteiger partial charge in [0.2, 0.25) is 5.91 Å². The van der Waals surface area contributed by atoms with Crippen LogP contribution in [-0.2, 0) is 16.0 Å². The van der Waals surface area contributed by atoms with E-state index in [0.717, 1.165) is 5.56 Å². The van der Waals surface area contributed by atoms with Crippen LogP contribution in [-0.4, -0.2) is 32.6 Å². The molecule has 0 aliphatic carbocycles. The van der Waals surface area contributed by atoms with Crippen molar-refractivity contribution >= 4 is 17.5 Å². The summed E-state index contributed by atoms with van der Waals surface area (Å²) in [6.45, 7) is -0.222. The van der Waals surface area contributed by atoms with Crippen LogP contribution in [0.3, 0.4) is 0 Å². The fourth-order valence-electron chi connectivity index (χ4n) is 2.19. The SMILES string of the molecule is COc1ccc(CC(=O)Nc2cccc(OCC(N)=O)c2)c(OC)c1. The predicted octanol–water partition coefficient (Wildman–Crippen LogP) is 1.75. The van der Waals surface area contributed by atoms with Gasteiger partial charge in [-0.1, -0.05) is 12.1 Å². The number of nitrogens with one attached hydrogen (secondary N) is 1. The van der Waals surface area contributed by atoms with Gasteiger partial charge >= 0.3 is 0 Å². The Morgan fingerprint density at radius 1 is 1.04 bits per heavy atom. The molecule has 25 heavy (non-hydrogen) atoms. The minimum atomic E-state index is -0.568. The summed E-state index contributed by atoms with van der Waals surface area (Å²) in [6, 6.07) is 12.0. The van der Waals surface area contributed by atoms with Gasteiger partial charge in [-0.05, 0) is 18.2 Å². The van der Waals surface area contributed by atoms with Gasteiger partial charge in [0, 0.05) is 23.4 Å². The van der Waals surface area contributed by atoms with Crippen molar-refractivity contribution in [1.82, 2.24) is 0 Å². The third-order valence-electron chi connectivity index (χ3n) is 3.34. The van der Waals surface area contributed by atoms with Crippen LogP contribution in [0.1, 0.15) is 5.56 Å². The molecule has 0 atom stereocenters. The third kappa shape index (κ3) is 5.42. The van der Waals surface area contributed by atoms with Gasteiger partial charge in [-0.25, -0.2) is 0 Å². The summed E-state index contributed by atoms with van der Waals surface area (Å²) in [5.41, 5.74) is 6.33. The van der Waals surface area contributed by atoms with Crippen molar-refractivity contribution in [2.45, 2.75) is 6.42 Å². The van der Waals surface area contributed by atoms with Crippen molar-refractivity contribution in [3.63, 3.8) is 0 Å². The van der Waals surface area contributed by atoms with Crippen molar-refractivity contribution in [2.75, 3.05) is 26.1 Å². The number of methoxy groups -OCH3 is 2. The van der Waals surface area contributed by atoms with E-state index in [9.17, 15) is 9.59 Å². The molecule has 7 heteroatoms. The van der Waals surface area contributed by atoms with Crippen LogP contribution in [0.2, 0.25) is 0 Å². The molecule has 0 bridgehead atoms. The van der Waals surface area contributed by atoms with E-state index < -0.39 is 5.91 Å². The third-order valence-corrected chi connectivity index (χ3v) is 3.34. The van der Waals surface area contributed by atoms with Crippen LogP contribution < -0.4 is 25.3 Å². The number of hydrogen-bond acceptors (Lipinski definition) is 5. The van der Waals surface area contributed by atoms with Gasteiger partial charge in [0.15, 0.2) is 6.61 Å². The first-order valence-electron chi connectivity index (χ1n) is 7.53. The van der Waals surface area contributed by atoms with E-state index in [1.165, 1.54) is 7.11 Å². The lowest BCUT2D eigenvalue weighted by Gasteiger charge is -2.11. The molecule has 2 aromatic rings. The summed E-state index contributed by atoms with van der Waals surface area (Å²) in [4.78, 5) is 23.0. The number of amides is 2. The van der Waals surface area contributed by atoms with E-state index in [1.54, 1.807) is 49.6 Å². The smallest absolute Gasteiger partial charge is 0.255 e. The lowest BCUT2D eigenvalue weighted by Crippen LogP contribution is -2.20. The van der Waals surface area contributed by atoms with Gasteiger partial charge in [0.05, 0.1) is 20.6 Å². The highest BCUT2D eigenvalue weighted by molar-refractivity contribution is 5.92. The molecular formula is C18H20N2O5. The standard InChI is InChI=1S/C18H20N2O5/c1-23-14-7-6-12(16(10-14)24-2)8-18(22)20-13-4-3-5-15(9-13)25-11-17(19)21/h3-7,9-10H,8,11H2,1-2H3,(H2,19,21)(H,20,22). The van der Waals surface area contributed by atoms with E-state index in [2.05, 4.69) is 5.32 Å². The second-order valence-electron chi connectivity index (χ2n) is 5.19. The molecule has 0 aliphatic heterocycles. The molecule has 3 N–H and O–H groups in total. The van der Waals surface area contributed by atoms with Crippen molar-refractivity contribution in [3.05, 3.63) is 48.0 Å². The zero-order chi connectivity index (χ0) is 18.2. The number of rotatable bonds is 8. The molecule has 2 rings (SSSR count). The fraction of sp³-hybridized carbons (Fsp3) is 0.222. The number of nitrogens with two attached hydrogens (primary N) is 1. The molecular weight excluding hydrogens is 324 g/mol. The summed E-state index contributed by atoms with van der Waals surface area (Å²) in [5.74, 6) is 0.892. The first-order chi connectivity index (χ1) is 12.0. The maximum Gasteiger partial charge on any atom is 0.255 e. The number of benzene rings is 2. The lowest BCUT2D eigenvalue weighted by atomic mass is 10.1. The van der Waals surface area contributed by atoms with Crippen LogP contribution in [0.15, 0.2) is 42.5 Å². The van der Waals surface area contributed by atoms with E-state index in [0.29, 0.717) is 22.9 Å². The van der Waals surface area contributed by atoms with Crippen molar-refractivity contribution in [1.29, 1.82) is 0 Å². The molecule has 0 heterocycles. The Morgan fingerprint density at radius 3 is 2.52 bits per heavy atom. The van der Waals surface area contributed by atoms with E-state index in [1.807, 2.05) is 0 Å². The topological polar surface area (TPSA) is 99.9 Å². The van der Waals surface area contributed by atoms with Crippen molar-refractivity contribution in [2.24, 2.45) is 5.73 Å². The van der Waals surface area contributed by atoms with E-state index in [4.69, 9.17) is 19.9 Å². The maximum absolute atomic E-state index is 12.3. The Kier molecular flexibility index (Phi) is 6.22. The van der Waals surface area contributed by atoms with Gasteiger partial charge in [-0.3, -0.25) is 9.59 Å². The Balaban J connectivity index is 2.03. The van der Waals surface area contributed by atoms with Crippen molar-refractivity contribution < 1.29 is 23.8 Å². The normalized spacial score (nSPS) is 10.0. The molecule has 0 aliphatic rings. The average molecular weight is 344 g/mol. The van der Waals surface area contributed by atoms with E-state index in [-0.39, 0.29) is 18.9 Å². The van der Waals surface area contributed by atoms with Gasteiger partial charge in [0.1, 0.15) is 17.2 Å². The average Bonchev–Trinajstić information content (AvgIpc) is 2.60. The minimum Gasteiger partial charge on any atom is -0.497 e. The number of anilines is 1. The van der Waals surface area contributed by atoms with Gasteiger partial charge in [0.25, 0.3) is 5.91 Å². The highest BCUT2D eigenvalue weighted by Gasteiger charge is 2.11. The summed E-state index contributed by atoms with van der Waals surface area (Å²) in [7, 11) is 3.10. The molecule has 0 fully saturated rings. The zero-order valence-corrected chi connectivity index (χ0v) is 14.1. The monoisotopic (exact) mass is 344 g/mol. The fourth-order valence-corrected chi connectivity index (χ4v) is 2.19. The number of hydrogen-bond donors (Lipinski definition) is 2. The molecule has 0 saturated carbocycles. The molecule has 0 aromatic heterocycles. The Hall–Kier alpha value is -3.22. The quantitative estimate of drug-likeness (QED) is 0.760. The molecule has 7 nitrogen and oxygen atoms in total. The number of ether oxygens (including phenoxy) is 3. The Labute approximate surface area is 145 Å². The summed E-state index contributed by atoms with van der Waals surface area (Å²) in [5, 5.41) is 2.78. The summed E-state index contributed by atoms with van der Waals surface area (Å²) >= 11 is 0. The van der Waals surface area contributed by atoms with Crippen LogP contribution in [0.5, 0.6) is 17.2 Å². The second kappa shape index (κ2) is 8.58. The van der Waals surface area contributed by atoms with Gasteiger partial charge in [-0.2, -0.15) is 0 Å². The summed E-state index contributed by atoms with van der Waals surface area (Å²) in [6.07, 6.45) is 0.138. The predicted molar refractivity (Wildman–Crippen MR) is 93.0 cm³/mol. The lowest BCUT2D eigenvalue weighted by molar-refractivity contribution is -0.120. The second-order valence-corrected chi connectivity index (χ2v) is 5.19. The van der Waals surface area contributed by atoms with E-state index >= 15 is 0 Å². The van der Waals surface area contributed by atoms with Crippen LogP contribution in [0.25, 0.3) is 0 Å². The number of primary amides is 1. The highest BCUT2D eigenvalue weighted by Crippen LogP contribution is 2.25. The maximum atomic E-state index is 12.3. The van der Waals surface area contributed by atoms with Gasteiger partial charge in [-0.15, -0.1) is 0 Å². The molecule has 0 saturated heterocycles. The zero-order valence-electron chi connectivity index (χ0n) is 14.1. The highest BCUT2D eigenvalue weighted by atomic mass is 16.5. The molecule has 0 spiro atoms. The Bertz CT molecular complexity index is 761. The van der Waals surface area contributed by atoms with Crippen molar-refractivity contribution in [3.8, 4) is 17.2 Å². The number of carbonyl (C=O) groups excluding carboxylic acids is 2. The first-order valence-corrected chi connectivity index (χ1v) is 7.53. The van der Waals surface area contributed by atoms with Crippen LogP contribution >= 0.6 is 0 Å². The molecule has 132 valence electrons. The molecule has 2 amide bonds. The van der Waals surface area contributed by atoms with Gasteiger partial charge < -0.3 is 25.3 Å². The summed E-state index contributed by atoms with van der Waals surface area (Å²) < 4.78 is 15.6. The largest absolute Gasteiger partial charge is 0.497 e. The molecule has 0 unspecified atom stereocenters. The van der Waals surface area contributed by atoms with Crippen LogP contribution in [0, 0.1) is 0 Å². The molecule has 0 radical (unpaired) electrons.